The molecule has 2 heterocycles. The number of anilines is 1. The van der Waals surface area contributed by atoms with Crippen LogP contribution in [0.25, 0.3) is 0 Å². The van der Waals surface area contributed by atoms with Gasteiger partial charge in [0.25, 0.3) is 5.91 Å². The van der Waals surface area contributed by atoms with Crippen LogP contribution in [0.3, 0.4) is 0 Å². The van der Waals surface area contributed by atoms with Crippen molar-refractivity contribution in [3.05, 3.63) is 16.8 Å². The SMILES string of the molecule is CC1C(=O)NC(C2CC2)C(=O)N1c1ccsc1. The van der Waals surface area contributed by atoms with Crippen LogP contribution < -0.4 is 10.2 Å². The van der Waals surface area contributed by atoms with E-state index in [0.717, 1.165) is 18.5 Å². The zero-order chi connectivity index (χ0) is 12.0. The smallest absolute Gasteiger partial charge is 0.250 e. The van der Waals surface area contributed by atoms with Crippen LogP contribution in [0.5, 0.6) is 0 Å². The largest absolute Gasteiger partial charge is 0.342 e. The van der Waals surface area contributed by atoms with E-state index in [0.29, 0.717) is 5.92 Å². The van der Waals surface area contributed by atoms with Gasteiger partial charge in [0.05, 0.1) is 5.69 Å². The summed E-state index contributed by atoms with van der Waals surface area (Å²) in [6.07, 6.45) is 2.09. The van der Waals surface area contributed by atoms with Gasteiger partial charge >= 0.3 is 0 Å². The van der Waals surface area contributed by atoms with Gasteiger partial charge < -0.3 is 5.32 Å². The van der Waals surface area contributed by atoms with Crippen LogP contribution in [0, 0.1) is 5.92 Å². The van der Waals surface area contributed by atoms with Gasteiger partial charge in [-0.3, -0.25) is 14.5 Å². The average molecular weight is 250 g/mol. The molecule has 1 N–H and O–H groups in total. The van der Waals surface area contributed by atoms with Crippen molar-refractivity contribution in [2.24, 2.45) is 5.92 Å². The molecule has 0 spiro atoms. The van der Waals surface area contributed by atoms with E-state index in [1.165, 1.54) is 11.3 Å². The maximum Gasteiger partial charge on any atom is 0.250 e. The second kappa shape index (κ2) is 3.84. The molecule has 2 atom stereocenters. The molecule has 2 fully saturated rings. The van der Waals surface area contributed by atoms with Crippen LogP contribution in [0.2, 0.25) is 0 Å². The zero-order valence-corrected chi connectivity index (χ0v) is 10.4. The summed E-state index contributed by atoms with van der Waals surface area (Å²) in [4.78, 5) is 25.9. The Kier molecular flexibility index (Phi) is 2.43. The standard InChI is InChI=1S/C12H14N2O2S/c1-7-11(15)13-10(8-2-3-8)12(16)14(7)9-4-5-17-6-9/h4-8,10H,2-3H2,1H3,(H,13,15). The summed E-state index contributed by atoms with van der Waals surface area (Å²) in [7, 11) is 0. The highest BCUT2D eigenvalue weighted by Crippen LogP contribution is 2.36. The maximum absolute atomic E-state index is 12.4. The van der Waals surface area contributed by atoms with E-state index < -0.39 is 6.04 Å². The molecule has 2 unspecified atom stereocenters. The van der Waals surface area contributed by atoms with Crippen LogP contribution >= 0.6 is 11.3 Å². The molecule has 0 radical (unpaired) electrons. The Balaban J connectivity index is 1.93. The number of rotatable bonds is 2. The predicted molar refractivity (Wildman–Crippen MR) is 65.9 cm³/mol. The third kappa shape index (κ3) is 1.74. The molecule has 1 saturated carbocycles. The quantitative estimate of drug-likeness (QED) is 0.862. The molecule has 0 aromatic carbocycles. The van der Waals surface area contributed by atoms with Gasteiger partial charge in [-0.25, -0.2) is 0 Å². The number of hydrogen-bond acceptors (Lipinski definition) is 3. The topological polar surface area (TPSA) is 49.4 Å². The van der Waals surface area contributed by atoms with Gasteiger partial charge in [-0.1, -0.05) is 0 Å². The average Bonchev–Trinajstić information content (AvgIpc) is 3.01. The highest BCUT2D eigenvalue weighted by molar-refractivity contribution is 7.08. The number of piperazine rings is 1. The van der Waals surface area contributed by atoms with Crippen molar-refractivity contribution in [2.75, 3.05) is 4.90 Å². The minimum atomic E-state index is -0.410. The maximum atomic E-state index is 12.4. The summed E-state index contributed by atoms with van der Waals surface area (Å²) >= 11 is 1.54. The number of nitrogens with one attached hydrogen (secondary N) is 1. The fraction of sp³-hybridized carbons (Fsp3) is 0.500. The molecule has 1 aliphatic heterocycles. The molecule has 17 heavy (non-hydrogen) atoms. The molecule has 1 aromatic heterocycles. The van der Waals surface area contributed by atoms with Crippen molar-refractivity contribution in [1.29, 1.82) is 0 Å². The highest BCUT2D eigenvalue weighted by Gasteiger charge is 2.45. The molecule has 0 bridgehead atoms. The Morgan fingerprint density at radius 1 is 1.41 bits per heavy atom. The normalized spacial score (nSPS) is 29.4. The Hall–Kier alpha value is -1.36. The first kappa shape index (κ1) is 10.8. The number of thiophene rings is 1. The fourth-order valence-corrected chi connectivity index (χ4v) is 2.92. The van der Waals surface area contributed by atoms with E-state index in [4.69, 9.17) is 0 Å². The molecular formula is C12H14N2O2S. The zero-order valence-electron chi connectivity index (χ0n) is 9.55. The third-order valence-corrected chi connectivity index (χ3v) is 4.12. The summed E-state index contributed by atoms with van der Waals surface area (Å²) in [5, 5.41) is 6.68. The molecule has 4 nitrogen and oxygen atoms in total. The third-order valence-electron chi connectivity index (χ3n) is 3.45. The monoisotopic (exact) mass is 250 g/mol. The van der Waals surface area contributed by atoms with Crippen LogP contribution in [0.1, 0.15) is 19.8 Å². The van der Waals surface area contributed by atoms with Crippen molar-refractivity contribution < 1.29 is 9.59 Å². The highest BCUT2D eigenvalue weighted by atomic mass is 32.1. The molecular weight excluding hydrogens is 236 g/mol. The van der Waals surface area contributed by atoms with E-state index in [1.54, 1.807) is 11.8 Å². The summed E-state index contributed by atoms with van der Waals surface area (Å²) in [5.41, 5.74) is 0.841. The number of carbonyl (C=O) groups excluding carboxylic acids is 2. The minimum Gasteiger partial charge on any atom is -0.342 e. The number of carbonyl (C=O) groups is 2. The summed E-state index contributed by atoms with van der Waals surface area (Å²) < 4.78 is 0. The first-order valence-electron chi connectivity index (χ1n) is 5.84. The van der Waals surface area contributed by atoms with Gasteiger partial charge in [0.2, 0.25) is 5.91 Å². The molecule has 1 saturated heterocycles. The first-order valence-corrected chi connectivity index (χ1v) is 6.78. The predicted octanol–water partition coefficient (Wildman–Crippen LogP) is 1.38. The Morgan fingerprint density at radius 3 is 2.76 bits per heavy atom. The van der Waals surface area contributed by atoms with E-state index in [1.807, 2.05) is 16.8 Å². The van der Waals surface area contributed by atoms with Crippen LogP contribution in [-0.4, -0.2) is 23.9 Å². The molecule has 5 heteroatoms. The van der Waals surface area contributed by atoms with Crippen molar-refractivity contribution >= 4 is 28.8 Å². The first-order chi connectivity index (χ1) is 8.18. The van der Waals surface area contributed by atoms with Crippen LogP contribution in [0.15, 0.2) is 16.8 Å². The van der Waals surface area contributed by atoms with Crippen molar-refractivity contribution in [3.8, 4) is 0 Å². The lowest BCUT2D eigenvalue weighted by Crippen LogP contribution is -2.63. The van der Waals surface area contributed by atoms with E-state index in [-0.39, 0.29) is 17.9 Å². The molecule has 1 aromatic rings. The summed E-state index contributed by atoms with van der Waals surface area (Å²) in [6, 6.07) is 1.17. The lowest BCUT2D eigenvalue weighted by atomic mass is 10.0. The Labute approximate surface area is 104 Å². The fourth-order valence-electron chi connectivity index (χ4n) is 2.29. The van der Waals surface area contributed by atoms with E-state index in [9.17, 15) is 9.59 Å². The Morgan fingerprint density at radius 2 is 2.18 bits per heavy atom. The molecule has 2 amide bonds. The number of amides is 2. The second-order valence-electron chi connectivity index (χ2n) is 4.69. The molecule has 90 valence electrons. The lowest BCUT2D eigenvalue weighted by molar-refractivity contribution is -0.133. The van der Waals surface area contributed by atoms with Crippen LogP contribution in [-0.2, 0) is 9.59 Å². The van der Waals surface area contributed by atoms with Crippen molar-refractivity contribution in [2.45, 2.75) is 31.8 Å². The minimum absolute atomic E-state index is 0.0398. The number of nitrogens with zero attached hydrogens (tertiary/aromatic N) is 1. The molecule has 1 aliphatic carbocycles. The molecule has 2 aliphatic rings. The summed E-state index contributed by atoms with van der Waals surface area (Å²) in [6.45, 7) is 1.77. The second-order valence-corrected chi connectivity index (χ2v) is 5.47. The van der Waals surface area contributed by atoms with Gasteiger partial charge in [0.15, 0.2) is 0 Å². The van der Waals surface area contributed by atoms with E-state index >= 15 is 0 Å². The van der Waals surface area contributed by atoms with E-state index in [2.05, 4.69) is 5.32 Å². The number of hydrogen-bond donors (Lipinski definition) is 1. The van der Waals surface area contributed by atoms with Crippen molar-refractivity contribution in [3.63, 3.8) is 0 Å². The lowest BCUT2D eigenvalue weighted by Gasteiger charge is -2.36. The van der Waals surface area contributed by atoms with Crippen LogP contribution in [0.4, 0.5) is 5.69 Å². The van der Waals surface area contributed by atoms with Crippen molar-refractivity contribution in [1.82, 2.24) is 5.32 Å². The van der Waals surface area contributed by atoms with Gasteiger partial charge in [-0.2, -0.15) is 11.3 Å². The van der Waals surface area contributed by atoms with Gasteiger partial charge in [0, 0.05) is 5.38 Å². The van der Waals surface area contributed by atoms with Gasteiger partial charge in [0.1, 0.15) is 12.1 Å². The molecule has 3 rings (SSSR count). The Bertz CT molecular complexity index is 453. The van der Waals surface area contributed by atoms with Gasteiger partial charge in [-0.15, -0.1) is 0 Å². The van der Waals surface area contributed by atoms with Gasteiger partial charge in [-0.05, 0) is 37.1 Å². The summed E-state index contributed by atoms with van der Waals surface area (Å²) in [5.74, 6) is 0.339.